The second-order valence-electron chi connectivity index (χ2n) is 8.99. The molecule has 1 N–H and O–H groups in total. The van der Waals surface area contributed by atoms with Gasteiger partial charge in [0.05, 0.1) is 23.4 Å². The molecule has 2 aromatic carbocycles. The summed E-state index contributed by atoms with van der Waals surface area (Å²) in [7, 11) is 0. The van der Waals surface area contributed by atoms with E-state index in [2.05, 4.69) is 11.8 Å². The van der Waals surface area contributed by atoms with Crippen LogP contribution in [0.2, 0.25) is 0 Å². The second kappa shape index (κ2) is 10.9. The van der Waals surface area contributed by atoms with Crippen LogP contribution < -0.4 is 5.32 Å². The zero-order valence-corrected chi connectivity index (χ0v) is 21.2. The van der Waals surface area contributed by atoms with E-state index in [-0.39, 0.29) is 11.1 Å². The fraction of sp³-hybridized carbons (Fsp3) is 0.320. The number of carbonyl (C=O) groups excluding carboxylic acids is 3. The lowest BCUT2D eigenvalue weighted by atomic mass is 9.90. The number of nitrogens with zero attached hydrogens (tertiary/aromatic N) is 1. The van der Waals surface area contributed by atoms with E-state index in [0.717, 1.165) is 23.5 Å². The minimum Gasteiger partial charge on any atom is -0.319 e. The lowest BCUT2D eigenvalue weighted by Gasteiger charge is -2.41. The first-order valence-corrected chi connectivity index (χ1v) is 11.5. The fourth-order valence-electron chi connectivity index (χ4n) is 3.61. The fourth-order valence-corrected chi connectivity index (χ4v) is 3.61. The average molecular weight is 672 g/mol. The molecule has 0 bridgehead atoms. The SMILES string of the molecule is O=C1c2ccccc2C(=O)N1CC#Cc1ccccc1NC(=O)C(F)(F)C(F)(F)C(F)(F)C(F)(F)C(F)(F)C(F)(F)C(F)(F)F. The normalized spacial score (nSPS) is 15.0. The third-order valence-electron chi connectivity index (χ3n) is 6.13. The van der Waals surface area contributed by atoms with Gasteiger partial charge < -0.3 is 5.32 Å². The van der Waals surface area contributed by atoms with Crippen molar-refractivity contribution in [3.63, 3.8) is 0 Å². The number of rotatable bonds is 8. The van der Waals surface area contributed by atoms with Crippen LogP contribution in [0.15, 0.2) is 48.5 Å². The number of hydrogen-bond donors (Lipinski definition) is 1. The number of hydrogen-bond acceptors (Lipinski definition) is 3. The van der Waals surface area contributed by atoms with Crippen LogP contribution in [0.5, 0.6) is 0 Å². The highest BCUT2D eigenvalue weighted by Gasteiger charge is 2.94. The summed E-state index contributed by atoms with van der Waals surface area (Å²) in [4.78, 5) is 37.2. The van der Waals surface area contributed by atoms with Crippen LogP contribution in [0.25, 0.3) is 0 Å². The van der Waals surface area contributed by atoms with Crippen LogP contribution in [-0.2, 0) is 4.79 Å². The smallest absolute Gasteiger partial charge is 0.319 e. The van der Waals surface area contributed by atoms with Crippen molar-refractivity contribution in [1.29, 1.82) is 0 Å². The molecule has 1 heterocycles. The molecule has 45 heavy (non-hydrogen) atoms. The molecule has 1 aliphatic rings. The molecule has 3 amide bonds. The standard InChI is InChI=1S/C25H11F15N2O3/c26-19(27,20(28,29)21(30,31)22(32,33)23(34,35)24(36,37)25(38,39)40)18(45)41-15-10-4-1-6-12(15)7-5-11-42-16(43)13-8-2-3-9-14(13)17(42)44/h1-4,6,8-10H,11H2,(H,41,45). The molecular formula is C25H11F15N2O3. The Morgan fingerprint density at radius 1 is 0.622 bits per heavy atom. The number of alkyl halides is 15. The van der Waals surface area contributed by atoms with Crippen molar-refractivity contribution >= 4 is 23.4 Å². The number of amides is 3. The monoisotopic (exact) mass is 672 g/mol. The van der Waals surface area contributed by atoms with E-state index >= 15 is 0 Å². The predicted molar refractivity (Wildman–Crippen MR) is 119 cm³/mol. The number of nitrogens with one attached hydrogen (secondary N) is 1. The summed E-state index contributed by atoms with van der Waals surface area (Å²) >= 11 is 0. The summed E-state index contributed by atoms with van der Waals surface area (Å²) in [5, 5.41) is 0.871. The van der Waals surface area contributed by atoms with Crippen LogP contribution in [0.1, 0.15) is 26.3 Å². The molecular weight excluding hydrogens is 661 g/mol. The van der Waals surface area contributed by atoms with Crippen LogP contribution >= 0.6 is 0 Å². The Morgan fingerprint density at radius 3 is 1.53 bits per heavy atom. The molecule has 0 saturated carbocycles. The molecule has 5 nitrogen and oxygen atoms in total. The van der Waals surface area contributed by atoms with Gasteiger partial charge in [-0.15, -0.1) is 0 Å². The molecule has 0 atom stereocenters. The van der Waals surface area contributed by atoms with E-state index < -0.39 is 77.2 Å². The zero-order chi connectivity index (χ0) is 34.6. The number of fused-ring (bicyclic) bond motifs is 1. The molecule has 0 spiro atoms. The maximum Gasteiger partial charge on any atom is 0.460 e. The minimum atomic E-state index is -8.54. The van der Waals surface area contributed by atoms with Gasteiger partial charge in [0.1, 0.15) is 0 Å². The van der Waals surface area contributed by atoms with Crippen molar-refractivity contribution in [1.82, 2.24) is 4.90 Å². The maximum absolute atomic E-state index is 14.3. The number of anilines is 1. The van der Waals surface area contributed by atoms with E-state index in [9.17, 15) is 80.2 Å². The van der Waals surface area contributed by atoms with Gasteiger partial charge in [-0.05, 0) is 24.3 Å². The molecule has 20 heteroatoms. The first kappa shape index (κ1) is 35.0. The number of carbonyl (C=O) groups is 3. The Bertz CT molecular complexity index is 1550. The molecule has 244 valence electrons. The molecule has 0 unspecified atom stereocenters. The highest BCUT2D eigenvalue weighted by Crippen LogP contribution is 2.62. The molecule has 0 aliphatic carbocycles. The summed E-state index contributed by atoms with van der Waals surface area (Å²) in [6.07, 6.45) is -7.75. The van der Waals surface area contributed by atoms with Crippen molar-refractivity contribution < 1.29 is 80.2 Å². The lowest BCUT2D eigenvalue weighted by Crippen LogP contribution is -2.73. The molecule has 2 aromatic rings. The van der Waals surface area contributed by atoms with Crippen molar-refractivity contribution in [2.45, 2.75) is 41.7 Å². The largest absolute Gasteiger partial charge is 0.460 e. The average Bonchev–Trinajstić information content (AvgIpc) is 3.17. The van der Waals surface area contributed by atoms with Crippen LogP contribution in [0.4, 0.5) is 71.5 Å². The Morgan fingerprint density at radius 2 is 1.04 bits per heavy atom. The number of benzene rings is 2. The van der Waals surface area contributed by atoms with Crippen molar-refractivity contribution in [2.75, 3.05) is 11.9 Å². The number of imide groups is 1. The van der Waals surface area contributed by atoms with Gasteiger partial charge >= 0.3 is 47.6 Å². The summed E-state index contributed by atoms with van der Waals surface area (Å²) in [6, 6.07) is 8.83. The quantitative estimate of drug-likeness (QED) is 0.194. The minimum absolute atomic E-state index is 0.0117. The van der Waals surface area contributed by atoms with Crippen LogP contribution in [0, 0.1) is 11.8 Å². The Hall–Kier alpha value is -4.44. The lowest BCUT2D eigenvalue weighted by molar-refractivity contribution is -0.449. The highest BCUT2D eigenvalue weighted by molar-refractivity contribution is 6.21. The van der Waals surface area contributed by atoms with Gasteiger partial charge in [-0.25, -0.2) is 0 Å². The third kappa shape index (κ3) is 5.20. The van der Waals surface area contributed by atoms with E-state index in [1.54, 1.807) is 0 Å². The topological polar surface area (TPSA) is 66.5 Å². The number of para-hydroxylation sites is 1. The third-order valence-corrected chi connectivity index (χ3v) is 6.13. The van der Waals surface area contributed by atoms with Crippen LogP contribution in [-0.4, -0.2) is 70.9 Å². The Balaban J connectivity index is 1.89. The Labute approximate surface area is 240 Å². The van der Waals surface area contributed by atoms with Gasteiger partial charge in [-0.1, -0.05) is 36.1 Å². The molecule has 3 rings (SSSR count). The number of halogens is 15. The summed E-state index contributed by atoms with van der Waals surface area (Å²) in [6.45, 7) is -0.694. The van der Waals surface area contributed by atoms with Gasteiger partial charge in [-0.2, -0.15) is 65.9 Å². The van der Waals surface area contributed by atoms with E-state index in [1.807, 2.05) is 0 Å². The van der Waals surface area contributed by atoms with E-state index in [0.29, 0.717) is 11.0 Å². The highest BCUT2D eigenvalue weighted by atomic mass is 19.4. The second-order valence-corrected chi connectivity index (χ2v) is 8.99. The van der Waals surface area contributed by atoms with Gasteiger partial charge in [0, 0.05) is 5.56 Å². The van der Waals surface area contributed by atoms with Crippen molar-refractivity contribution in [3.8, 4) is 11.8 Å². The molecule has 0 radical (unpaired) electrons. The van der Waals surface area contributed by atoms with Crippen molar-refractivity contribution in [2.24, 2.45) is 0 Å². The van der Waals surface area contributed by atoms with Crippen LogP contribution in [0.3, 0.4) is 0 Å². The Kier molecular flexibility index (Phi) is 8.47. The van der Waals surface area contributed by atoms with E-state index in [4.69, 9.17) is 0 Å². The van der Waals surface area contributed by atoms with E-state index in [1.165, 1.54) is 24.3 Å². The molecule has 0 aromatic heterocycles. The van der Waals surface area contributed by atoms with Gasteiger partial charge in [-0.3, -0.25) is 19.3 Å². The predicted octanol–water partition coefficient (Wildman–Crippen LogP) is 6.65. The summed E-state index contributed by atoms with van der Waals surface area (Å²) in [5.74, 6) is -49.8. The zero-order valence-electron chi connectivity index (χ0n) is 21.2. The maximum atomic E-state index is 14.3. The van der Waals surface area contributed by atoms with Gasteiger partial charge in [0.25, 0.3) is 11.8 Å². The van der Waals surface area contributed by atoms with Gasteiger partial charge in [0.2, 0.25) is 0 Å². The first-order chi connectivity index (χ1) is 20.3. The molecule has 1 aliphatic heterocycles. The summed E-state index contributed by atoms with van der Waals surface area (Å²) in [5.41, 5.74) is -1.71. The molecule has 0 saturated heterocycles. The molecule has 0 fully saturated rings. The van der Waals surface area contributed by atoms with Gasteiger partial charge in [0.15, 0.2) is 0 Å². The van der Waals surface area contributed by atoms with Crippen molar-refractivity contribution in [3.05, 3.63) is 65.2 Å². The summed E-state index contributed by atoms with van der Waals surface area (Å²) < 4.78 is 201. The first-order valence-electron chi connectivity index (χ1n) is 11.5.